The normalized spacial score (nSPS) is 10.2. The standard InChI is InChI=1S/C14H13IO2/c1-17-13-4-2-3-11(14(13)16)9-10-5-7-12(15)8-6-10/h2-8,16H,9H2,1H3. The number of halogens is 1. The van der Waals surface area contributed by atoms with Crippen LogP contribution in [-0.2, 0) is 6.42 Å². The Balaban J connectivity index is 2.27. The highest BCUT2D eigenvalue weighted by atomic mass is 127. The summed E-state index contributed by atoms with van der Waals surface area (Å²) in [6.07, 6.45) is 0.708. The van der Waals surface area contributed by atoms with Gasteiger partial charge < -0.3 is 9.84 Å². The van der Waals surface area contributed by atoms with Crippen molar-refractivity contribution in [3.63, 3.8) is 0 Å². The minimum Gasteiger partial charge on any atom is -0.504 e. The maximum atomic E-state index is 9.98. The van der Waals surface area contributed by atoms with E-state index in [0.717, 1.165) is 5.56 Å². The Hall–Kier alpha value is -1.23. The van der Waals surface area contributed by atoms with E-state index >= 15 is 0 Å². The molecule has 2 aromatic rings. The number of aromatic hydroxyl groups is 1. The van der Waals surface area contributed by atoms with E-state index in [-0.39, 0.29) is 5.75 Å². The predicted molar refractivity (Wildman–Crippen MR) is 76.6 cm³/mol. The zero-order chi connectivity index (χ0) is 12.3. The van der Waals surface area contributed by atoms with Crippen LogP contribution < -0.4 is 4.74 Å². The van der Waals surface area contributed by atoms with E-state index in [9.17, 15) is 5.11 Å². The molecule has 0 unspecified atom stereocenters. The number of hydrogen-bond donors (Lipinski definition) is 1. The SMILES string of the molecule is COc1cccc(Cc2ccc(I)cc2)c1O. The largest absolute Gasteiger partial charge is 0.504 e. The number of hydrogen-bond acceptors (Lipinski definition) is 2. The molecule has 0 radical (unpaired) electrons. The Morgan fingerprint density at radius 2 is 1.82 bits per heavy atom. The van der Waals surface area contributed by atoms with Crippen LogP contribution in [0.15, 0.2) is 42.5 Å². The second-order valence-electron chi connectivity index (χ2n) is 3.77. The van der Waals surface area contributed by atoms with Crippen molar-refractivity contribution >= 4 is 22.6 Å². The summed E-state index contributed by atoms with van der Waals surface area (Å²) in [5.74, 6) is 0.751. The molecule has 88 valence electrons. The van der Waals surface area contributed by atoms with Crippen LogP contribution in [0.1, 0.15) is 11.1 Å². The second-order valence-corrected chi connectivity index (χ2v) is 5.02. The molecule has 0 bridgehead atoms. The van der Waals surface area contributed by atoms with Crippen molar-refractivity contribution in [3.05, 3.63) is 57.2 Å². The van der Waals surface area contributed by atoms with Gasteiger partial charge in [-0.15, -0.1) is 0 Å². The van der Waals surface area contributed by atoms with Gasteiger partial charge in [0.15, 0.2) is 11.5 Å². The predicted octanol–water partition coefficient (Wildman–Crippen LogP) is 3.60. The minimum atomic E-state index is 0.230. The molecular weight excluding hydrogens is 327 g/mol. The molecule has 1 N–H and O–H groups in total. The average molecular weight is 340 g/mol. The van der Waals surface area contributed by atoms with Crippen LogP contribution in [0.5, 0.6) is 11.5 Å². The number of para-hydroxylation sites is 1. The Morgan fingerprint density at radius 3 is 2.47 bits per heavy atom. The smallest absolute Gasteiger partial charge is 0.161 e. The fourth-order valence-corrected chi connectivity index (χ4v) is 2.06. The molecule has 0 heterocycles. The number of phenolic OH excluding ortho intramolecular Hbond substituents is 1. The number of phenols is 1. The van der Waals surface area contributed by atoms with Crippen molar-refractivity contribution in [1.82, 2.24) is 0 Å². The van der Waals surface area contributed by atoms with Gasteiger partial charge in [-0.1, -0.05) is 24.3 Å². The summed E-state index contributed by atoms with van der Waals surface area (Å²) in [5.41, 5.74) is 2.06. The molecule has 2 rings (SSSR count). The van der Waals surface area contributed by atoms with Gasteiger partial charge >= 0.3 is 0 Å². The van der Waals surface area contributed by atoms with Crippen molar-refractivity contribution < 1.29 is 9.84 Å². The minimum absolute atomic E-state index is 0.230. The lowest BCUT2D eigenvalue weighted by Gasteiger charge is -2.08. The van der Waals surface area contributed by atoms with Crippen molar-refractivity contribution in [1.29, 1.82) is 0 Å². The zero-order valence-electron chi connectivity index (χ0n) is 9.48. The third-order valence-corrected chi connectivity index (χ3v) is 3.33. The molecule has 0 aliphatic carbocycles. The molecule has 17 heavy (non-hydrogen) atoms. The monoisotopic (exact) mass is 340 g/mol. The quantitative estimate of drug-likeness (QED) is 0.866. The highest BCUT2D eigenvalue weighted by Gasteiger charge is 2.07. The van der Waals surface area contributed by atoms with Gasteiger partial charge in [0.05, 0.1) is 7.11 Å². The maximum Gasteiger partial charge on any atom is 0.161 e. The summed E-state index contributed by atoms with van der Waals surface area (Å²) in [5, 5.41) is 9.98. The fraction of sp³-hybridized carbons (Fsp3) is 0.143. The van der Waals surface area contributed by atoms with Crippen LogP contribution in [0.2, 0.25) is 0 Å². The lowest BCUT2D eigenvalue weighted by atomic mass is 10.0. The molecule has 0 amide bonds. The molecule has 0 spiro atoms. The van der Waals surface area contributed by atoms with E-state index in [1.165, 1.54) is 9.13 Å². The molecule has 0 aliphatic heterocycles. The lowest BCUT2D eigenvalue weighted by molar-refractivity contribution is 0.371. The molecule has 0 saturated carbocycles. The number of benzene rings is 2. The lowest BCUT2D eigenvalue weighted by Crippen LogP contribution is -1.91. The Morgan fingerprint density at radius 1 is 1.12 bits per heavy atom. The molecule has 0 aromatic heterocycles. The molecule has 0 fully saturated rings. The summed E-state index contributed by atoms with van der Waals surface area (Å²) in [6.45, 7) is 0. The first-order valence-electron chi connectivity index (χ1n) is 5.30. The third-order valence-electron chi connectivity index (χ3n) is 2.61. The molecule has 0 saturated heterocycles. The molecule has 0 aliphatic rings. The van der Waals surface area contributed by atoms with E-state index in [4.69, 9.17) is 4.74 Å². The summed E-state index contributed by atoms with van der Waals surface area (Å²) in [4.78, 5) is 0. The van der Waals surface area contributed by atoms with Gasteiger partial charge in [0, 0.05) is 15.6 Å². The van der Waals surface area contributed by atoms with E-state index in [1.807, 2.05) is 12.1 Å². The fourth-order valence-electron chi connectivity index (χ4n) is 1.70. The van der Waals surface area contributed by atoms with E-state index < -0.39 is 0 Å². The number of methoxy groups -OCH3 is 1. The van der Waals surface area contributed by atoms with E-state index in [0.29, 0.717) is 12.2 Å². The molecule has 0 atom stereocenters. The van der Waals surface area contributed by atoms with Crippen LogP contribution in [0.3, 0.4) is 0 Å². The van der Waals surface area contributed by atoms with Crippen LogP contribution in [0, 0.1) is 3.57 Å². The summed E-state index contributed by atoms with van der Waals surface area (Å²) in [6, 6.07) is 13.8. The van der Waals surface area contributed by atoms with Gasteiger partial charge in [-0.05, 0) is 46.4 Å². The van der Waals surface area contributed by atoms with Crippen molar-refractivity contribution in [3.8, 4) is 11.5 Å². The van der Waals surface area contributed by atoms with Crippen LogP contribution in [0.4, 0.5) is 0 Å². The number of rotatable bonds is 3. The average Bonchev–Trinajstić information content (AvgIpc) is 2.35. The Kier molecular flexibility index (Phi) is 3.89. The molecule has 2 nitrogen and oxygen atoms in total. The van der Waals surface area contributed by atoms with Gasteiger partial charge in [0.2, 0.25) is 0 Å². The molecule has 3 heteroatoms. The van der Waals surface area contributed by atoms with Gasteiger partial charge in [-0.3, -0.25) is 0 Å². The van der Waals surface area contributed by atoms with Gasteiger partial charge in [-0.25, -0.2) is 0 Å². The Labute approximate surface area is 114 Å². The topological polar surface area (TPSA) is 29.5 Å². The van der Waals surface area contributed by atoms with Crippen LogP contribution in [-0.4, -0.2) is 12.2 Å². The number of ether oxygens (including phenoxy) is 1. The van der Waals surface area contributed by atoms with Crippen molar-refractivity contribution in [2.45, 2.75) is 6.42 Å². The highest BCUT2D eigenvalue weighted by Crippen LogP contribution is 2.30. The Bertz CT molecular complexity index is 506. The van der Waals surface area contributed by atoms with Crippen molar-refractivity contribution in [2.24, 2.45) is 0 Å². The summed E-state index contributed by atoms with van der Waals surface area (Å²) in [7, 11) is 1.56. The van der Waals surface area contributed by atoms with Crippen LogP contribution >= 0.6 is 22.6 Å². The maximum absolute atomic E-state index is 9.98. The van der Waals surface area contributed by atoms with Crippen LogP contribution in [0.25, 0.3) is 0 Å². The summed E-state index contributed by atoms with van der Waals surface area (Å²) < 4.78 is 6.30. The third kappa shape index (κ3) is 2.91. The van der Waals surface area contributed by atoms with Gasteiger partial charge in [0.1, 0.15) is 0 Å². The highest BCUT2D eigenvalue weighted by molar-refractivity contribution is 14.1. The first-order valence-corrected chi connectivity index (χ1v) is 6.38. The first kappa shape index (κ1) is 12.2. The van der Waals surface area contributed by atoms with E-state index in [1.54, 1.807) is 13.2 Å². The van der Waals surface area contributed by atoms with Crippen molar-refractivity contribution in [2.75, 3.05) is 7.11 Å². The second kappa shape index (κ2) is 5.40. The zero-order valence-corrected chi connectivity index (χ0v) is 11.6. The van der Waals surface area contributed by atoms with E-state index in [2.05, 4.69) is 46.9 Å². The van der Waals surface area contributed by atoms with Gasteiger partial charge in [-0.2, -0.15) is 0 Å². The molecule has 2 aromatic carbocycles. The summed E-state index contributed by atoms with van der Waals surface area (Å²) >= 11 is 2.28. The van der Waals surface area contributed by atoms with Gasteiger partial charge in [0.25, 0.3) is 0 Å². The molecular formula is C14H13IO2. The first-order chi connectivity index (χ1) is 8.20.